The number of carbonyl (C=O) groups excluding carboxylic acids is 2. The van der Waals surface area contributed by atoms with E-state index in [-0.39, 0.29) is 11.8 Å². The third-order valence-corrected chi connectivity index (χ3v) is 5.23. The zero-order chi connectivity index (χ0) is 19.9. The van der Waals surface area contributed by atoms with Crippen molar-refractivity contribution in [1.29, 1.82) is 0 Å². The molecule has 28 heavy (non-hydrogen) atoms. The standard InChI is InChI=1S/C21H24ClN3O3/c1-28-19-8-7-17(12-18(19)22)24-20(26)9-6-15-4-3-11-25(14-15)21(27)16-5-2-10-23-13-16/h2,5,7-8,10,12-13,15H,3-4,6,9,11,14H2,1H3,(H,24,26). The largest absolute Gasteiger partial charge is 0.495 e. The summed E-state index contributed by atoms with van der Waals surface area (Å²) >= 11 is 6.09. The van der Waals surface area contributed by atoms with Gasteiger partial charge in [-0.1, -0.05) is 11.6 Å². The monoisotopic (exact) mass is 401 g/mol. The van der Waals surface area contributed by atoms with Crippen molar-refractivity contribution in [3.63, 3.8) is 0 Å². The molecule has 0 spiro atoms. The fraction of sp³-hybridized carbons (Fsp3) is 0.381. The highest BCUT2D eigenvalue weighted by Gasteiger charge is 2.25. The first kappa shape index (κ1) is 20.1. The van der Waals surface area contributed by atoms with Gasteiger partial charge in [0.25, 0.3) is 5.91 Å². The fourth-order valence-corrected chi connectivity index (χ4v) is 3.72. The molecule has 1 saturated heterocycles. The van der Waals surface area contributed by atoms with Crippen LogP contribution in [0.2, 0.25) is 5.02 Å². The third kappa shape index (κ3) is 5.23. The first-order valence-electron chi connectivity index (χ1n) is 9.39. The van der Waals surface area contributed by atoms with Crippen molar-refractivity contribution in [2.45, 2.75) is 25.7 Å². The van der Waals surface area contributed by atoms with E-state index in [4.69, 9.17) is 16.3 Å². The van der Waals surface area contributed by atoms with E-state index < -0.39 is 0 Å². The molecule has 1 atom stereocenters. The lowest BCUT2D eigenvalue weighted by Crippen LogP contribution is -2.40. The van der Waals surface area contributed by atoms with E-state index in [1.165, 1.54) is 0 Å². The Labute approximate surface area is 169 Å². The van der Waals surface area contributed by atoms with Crippen molar-refractivity contribution in [2.75, 3.05) is 25.5 Å². The van der Waals surface area contributed by atoms with E-state index in [1.807, 2.05) is 4.90 Å². The van der Waals surface area contributed by atoms with Crippen molar-refractivity contribution in [3.05, 3.63) is 53.3 Å². The van der Waals surface area contributed by atoms with Gasteiger partial charge in [0, 0.05) is 37.6 Å². The maximum absolute atomic E-state index is 12.6. The van der Waals surface area contributed by atoms with Crippen LogP contribution in [0.1, 0.15) is 36.0 Å². The normalized spacial score (nSPS) is 16.5. The quantitative estimate of drug-likeness (QED) is 0.793. The molecule has 1 aliphatic heterocycles. The highest BCUT2D eigenvalue weighted by molar-refractivity contribution is 6.32. The summed E-state index contributed by atoms with van der Waals surface area (Å²) in [7, 11) is 1.55. The number of methoxy groups -OCH3 is 1. The van der Waals surface area contributed by atoms with Gasteiger partial charge >= 0.3 is 0 Å². The number of nitrogens with one attached hydrogen (secondary N) is 1. The van der Waals surface area contributed by atoms with Gasteiger partial charge in [-0.25, -0.2) is 0 Å². The van der Waals surface area contributed by atoms with Gasteiger partial charge in [-0.05, 0) is 55.5 Å². The molecule has 2 aromatic rings. The van der Waals surface area contributed by atoms with Gasteiger partial charge in [0.05, 0.1) is 17.7 Å². The number of anilines is 1. The van der Waals surface area contributed by atoms with Crippen molar-refractivity contribution in [2.24, 2.45) is 5.92 Å². The van der Waals surface area contributed by atoms with E-state index >= 15 is 0 Å². The molecule has 0 bridgehead atoms. The molecule has 0 radical (unpaired) electrons. The van der Waals surface area contributed by atoms with Crippen LogP contribution in [0.5, 0.6) is 5.75 Å². The van der Waals surface area contributed by atoms with E-state index in [2.05, 4.69) is 10.3 Å². The van der Waals surface area contributed by atoms with Gasteiger partial charge < -0.3 is 15.0 Å². The van der Waals surface area contributed by atoms with Crippen LogP contribution in [-0.4, -0.2) is 41.9 Å². The first-order valence-corrected chi connectivity index (χ1v) is 9.77. The summed E-state index contributed by atoms with van der Waals surface area (Å²) < 4.78 is 5.11. The number of benzene rings is 1. The Morgan fingerprint density at radius 2 is 2.21 bits per heavy atom. The van der Waals surface area contributed by atoms with Gasteiger partial charge in [0.2, 0.25) is 5.91 Å². The van der Waals surface area contributed by atoms with Crippen LogP contribution in [-0.2, 0) is 4.79 Å². The minimum absolute atomic E-state index is 0.00938. The van der Waals surface area contributed by atoms with Gasteiger partial charge in [0.1, 0.15) is 5.75 Å². The van der Waals surface area contributed by atoms with Crippen LogP contribution in [0, 0.1) is 5.92 Å². The molecular weight excluding hydrogens is 378 g/mol. The van der Waals surface area contributed by atoms with Crippen LogP contribution in [0.25, 0.3) is 0 Å². The molecule has 148 valence electrons. The van der Waals surface area contributed by atoms with Crippen LogP contribution in [0.4, 0.5) is 5.69 Å². The number of hydrogen-bond acceptors (Lipinski definition) is 4. The zero-order valence-electron chi connectivity index (χ0n) is 15.9. The molecule has 1 aromatic carbocycles. The summed E-state index contributed by atoms with van der Waals surface area (Å²) in [5.41, 5.74) is 1.25. The molecule has 3 rings (SSSR count). The summed E-state index contributed by atoms with van der Waals surface area (Å²) in [4.78, 5) is 30.8. The van der Waals surface area contributed by atoms with Gasteiger partial charge in [-0.2, -0.15) is 0 Å². The minimum Gasteiger partial charge on any atom is -0.495 e. The van der Waals surface area contributed by atoms with Crippen molar-refractivity contribution >= 4 is 29.1 Å². The van der Waals surface area contributed by atoms with Crippen LogP contribution < -0.4 is 10.1 Å². The average molecular weight is 402 g/mol. The SMILES string of the molecule is COc1ccc(NC(=O)CCC2CCCN(C(=O)c3cccnc3)C2)cc1Cl. The minimum atomic E-state index is -0.0584. The van der Waals surface area contributed by atoms with E-state index in [9.17, 15) is 9.59 Å². The molecule has 1 N–H and O–H groups in total. The number of ether oxygens (including phenoxy) is 1. The number of hydrogen-bond donors (Lipinski definition) is 1. The molecule has 0 aliphatic carbocycles. The lowest BCUT2D eigenvalue weighted by atomic mass is 9.93. The average Bonchev–Trinajstić information content (AvgIpc) is 2.73. The summed E-state index contributed by atoms with van der Waals surface area (Å²) in [6.07, 6.45) is 6.38. The summed E-state index contributed by atoms with van der Waals surface area (Å²) in [5.74, 6) is 0.840. The fourth-order valence-electron chi connectivity index (χ4n) is 3.46. The second kappa shape index (κ2) is 9.55. The number of pyridine rings is 1. The van der Waals surface area contributed by atoms with Gasteiger partial charge in [-0.3, -0.25) is 14.6 Å². The Morgan fingerprint density at radius 3 is 2.93 bits per heavy atom. The van der Waals surface area contributed by atoms with Gasteiger partial charge in [-0.15, -0.1) is 0 Å². The summed E-state index contributed by atoms with van der Waals surface area (Å²) in [5, 5.41) is 3.32. The van der Waals surface area contributed by atoms with Crippen molar-refractivity contribution in [1.82, 2.24) is 9.88 Å². The summed E-state index contributed by atoms with van der Waals surface area (Å²) in [6.45, 7) is 1.43. The molecule has 7 heteroatoms. The van der Waals surface area contributed by atoms with E-state index in [1.54, 1.807) is 49.8 Å². The van der Waals surface area contributed by atoms with Crippen molar-refractivity contribution in [3.8, 4) is 5.75 Å². The Morgan fingerprint density at radius 1 is 1.36 bits per heavy atom. The lowest BCUT2D eigenvalue weighted by Gasteiger charge is -2.32. The number of rotatable bonds is 6. The smallest absolute Gasteiger partial charge is 0.255 e. The Hall–Kier alpha value is -2.60. The number of aromatic nitrogens is 1. The third-order valence-electron chi connectivity index (χ3n) is 4.93. The topological polar surface area (TPSA) is 71.5 Å². The molecule has 1 fully saturated rings. The molecule has 1 aromatic heterocycles. The molecular formula is C21H24ClN3O3. The predicted molar refractivity (Wildman–Crippen MR) is 109 cm³/mol. The van der Waals surface area contributed by atoms with Gasteiger partial charge in [0.15, 0.2) is 0 Å². The molecule has 1 unspecified atom stereocenters. The van der Waals surface area contributed by atoms with Crippen LogP contribution in [0.15, 0.2) is 42.7 Å². The second-order valence-electron chi connectivity index (χ2n) is 6.94. The Kier molecular flexibility index (Phi) is 6.87. The molecule has 1 aliphatic rings. The molecule has 2 heterocycles. The van der Waals surface area contributed by atoms with Crippen molar-refractivity contribution < 1.29 is 14.3 Å². The predicted octanol–water partition coefficient (Wildman–Crippen LogP) is 4.01. The number of piperidine rings is 1. The summed E-state index contributed by atoms with van der Waals surface area (Å²) in [6, 6.07) is 8.71. The number of nitrogens with zero attached hydrogens (tertiary/aromatic N) is 2. The number of carbonyl (C=O) groups is 2. The molecule has 0 saturated carbocycles. The Bertz CT molecular complexity index is 829. The number of likely N-dealkylation sites (tertiary alicyclic amines) is 1. The zero-order valence-corrected chi connectivity index (χ0v) is 16.6. The van der Waals surface area contributed by atoms with Crippen LogP contribution in [0.3, 0.4) is 0 Å². The maximum Gasteiger partial charge on any atom is 0.255 e. The maximum atomic E-state index is 12.6. The van der Waals surface area contributed by atoms with Crippen LogP contribution >= 0.6 is 11.6 Å². The second-order valence-corrected chi connectivity index (χ2v) is 7.34. The van der Waals surface area contributed by atoms with E-state index in [0.717, 1.165) is 25.8 Å². The number of amides is 2. The highest BCUT2D eigenvalue weighted by Crippen LogP contribution is 2.27. The highest BCUT2D eigenvalue weighted by atomic mass is 35.5. The Balaban J connectivity index is 1.49. The van der Waals surface area contributed by atoms with E-state index in [0.29, 0.717) is 40.9 Å². The number of halogens is 1. The first-order chi connectivity index (χ1) is 13.6. The molecule has 6 nitrogen and oxygen atoms in total. The molecule has 2 amide bonds. The lowest BCUT2D eigenvalue weighted by molar-refractivity contribution is -0.116.